The van der Waals surface area contributed by atoms with Crippen LogP contribution in [0.4, 0.5) is 4.79 Å². The van der Waals surface area contributed by atoms with Gasteiger partial charge in [-0.2, -0.15) is 0 Å². The minimum atomic E-state index is -1.16. The summed E-state index contributed by atoms with van der Waals surface area (Å²) in [6.07, 6.45) is 0.0122. The second-order valence-corrected chi connectivity index (χ2v) is 10.4. The van der Waals surface area contributed by atoms with Crippen LogP contribution in [0.3, 0.4) is 0 Å². The van der Waals surface area contributed by atoms with Gasteiger partial charge in [0, 0.05) is 12.5 Å². The number of amides is 4. The van der Waals surface area contributed by atoms with Crippen molar-refractivity contribution >= 4 is 30.1 Å². The maximum absolute atomic E-state index is 13.3. The number of carbonyl (C=O) groups is 5. The lowest BCUT2D eigenvalue weighted by Gasteiger charge is -2.31. The van der Waals surface area contributed by atoms with E-state index in [9.17, 15) is 24.0 Å². The van der Waals surface area contributed by atoms with E-state index in [4.69, 9.17) is 9.47 Å². The summed E-state index contributed by atoms with van der Waals surface area (Å²) in [5.74, 6) is -1.71. The smallest absolute Gasteiger partial charge is 0.408 e. The van der Waals surface area contributed by atoms with Gasteiger partial charge in [-0.15, -0.1) is 0 Å². The van der Waals surface area contributed by atoms with Crippen LogP contribution in [-0.2, 0) is 35.3 Å². The van der Waals surface area contributed by atoms with E-state index in [1.165, 1.54) is 0 Å². The molecule has 0 bridgehead atoms. The maximum Gasteiger partial charge on any atom is 0.408 e. The van der Waals surface area contributed by atoms with Crippen LogP contribution >= 0.6 is 0 Å². The molecule has 4 amide bonds. The molecule has 38 heavy (non-hydrogen) atoms. The Morgan fingerprint density at radius 1 is 1.11 bits per heavy atom. The largest absolute Gasteiger partial charge is 0.445 e. The van der Waals surface area contributed by atoms with Crippen LogP contribution in [0, 0.1) is 5.92 Å². The molecule has 1 fully saturated rings. The third-order valence-electron chi connectivity index (χ3n) is 6.01. The monoisotopic (exact) mass is 532 g/mol. The predicted octanol–water partition coefficient (Wildman–Crippen LogP) is 1.59. The van der Waals surface area contributed by atoms with Crippen molar-refractivity contribution in [2.75, 3.05) is 6.54 Å². The van der Waals surface area contributed by atoms with Gasteiger partial charge in [-0.3, -0.25) is 14.4 Å². The quantitative estimate of drug-likeness (QED) is 0.282. The molecule has 0 saturated carbocycles. The molecule has 1 aromatic rings. The summed E-state index contributed by atoms with van der Waals surface area (Å²) in [6.45, 7) is 9.35. The van der Waals surface area contributed by atoms with E-state index in [1.54, 1.807) is 26.0 Å². The van der Waals surface area contributed by atoms with Gasteiger partial charge in [-0.25, -0.2) is 4.79 Å². The minimum absolute atomic E-state index is 0.0155. The number of hydrogen-bond donors (Lipinski definition) is 4. The Hall–Kier alpha value is -3.47. The highest BCUT2D eigenvalue weighted by Crippen LogP contribution is 2.16. The molecule has 1 heterocycles. The highest BCUT2D eigenvalue weighted by atomic mass is 16.6. The van der Waals surface area contributed by atoms with Crippen molar-refractivity contribution in [3.8, 4) is 0 Å². The normalized spacial score (nSPS) is 18.3. The van der Waals surface area contributed by atoms with Crippen molar-refractivity contribution in [3.63, 3.8) is 0 Å². The Kier molecular flexibility index (Phi) is 11.7. The van der Waals surface area contributed by atoms with E-state index in [-0.39, 0.29) is 31.3 Å². The van der Waals surface area contributed by atoms with E-state index < -0.39 is 47.7 Å². The van der Waals surface area contributed by atoms with E-state index in [0.717, 1.165) is 5.56 Å². The Balaban J connectivity index is 2.05. The van der Waals surface area contributed by atoms with Crippen molar-refractivity contribution in [2.24, 2.45) is 5.92 Å². The number of nitrogens with one attached hydrogen (secondary N) is 4. The zero-order valence-corrected chi connectivity index (χ0v) is 22.7. The third kappa shape index (κ3) is 10.1. The number of benzene rings is 1. The molecule has 11 heteroatoms. The van der Waals surface area contributed by atoms with Gasteiger partial charge in [0.25, 0.3) is 0 Å². The maximum atomic E-state index is 13.3. The van der Waals surface area contributed by atoms with Gasteiger partial charge in [0.15, 0.2) is 0 Å². The molecule has 1 saturated heterocycles. The Labute approximate surface area is 223 Å². The molecule has 1 aliphatic rings. The van der Waals surface area contributed by atoms with Crippen LogP contribution in [0.1, 0.15) is 59.4 Å². The molecule has 1 aliphatic heterocycles. The summed E-state index contributed by atoms with van der Waals surface area (Å²) in [6, 6.07) is 6.08. The zero-order chi connectivity index (χ0) is 28.3. The molecule has 0 spiro atoms. The lowest BCUT2D eigenvalue weighted by Crippen LogP contribution is -2.58. The molecular formula is C27H40N4O7. The summed E-state index contributed by atoms with van der Waals surface area (Å²) in [5, 5.41) is 10.5. The predicted molar refractivity (Wildman–Crippen MR) is 140 cm³/mol. The van der Waals surface area contributed by atoms with Gasteiger partial charge in [0.1, 0.15) is 25.0 Å². The molecule has 4 N–H and O–H groups in total. The first kappa shape index (κ1) is 30.8. The number of ether oxygens (including phenoxy) is 2. The molecule has 0 radical (unpaired) electrons. The lowest BCUT2D eigenvalue weighted by atomic mass is 9.98. The van der Waals surface area contributed by atoms with Crippen molar-refractivity contribution in [1.82, 2.24) is 21.3 Å². The summed E-state index contributed by atoms with van der Waals surface area (Å²) in [5.41, 5.74) is 0.170. The summed E-state index contributed by atoms with van der Waals surface area (Å²) in [4.78, 5) is 62.1. The molecule has 0 aliphatic carbocycles. The number of aldehydes is 1. The molecule has 0 unspecified atom stereocenters. The van der Waals surface area contributed by atoms with Crippen LogP contribution in [0.5, 0.6) is 0 Å². The number of alkyl carbamates (subject to hydrolysis) is 1. The standard InChI is InChI=1S/C27H40N4O7/c1-6-21(24(34)29-20(15-32)14-19-12-13-28-23(19)33)30-25(35)22(17(2)38-27(3,4)5)31-26(36)37-16-18-10-8-7-9-11-18/h7-11,15,17,19-22H,6,12-14,16H2,1-5H3,(H,28,33)(H,29,34)(H,30,35)(H,31,36)/t17-,19+,20+,21+,22+/m1/s1. The van der Waals surface area contributed by atoms with Crippen LogP contribution in [0.25, 0.3) is 0 Å². The first-order valence-corrected chi connectivity index (χ1v) is 12.9. The molecular weight excluding hydrogens is 492 g/mol. The fraction of sp³-hybridized carbons (Fsp3) is 0.593. The van der Waals surface area contributed by atoms with Gasteiger partial charge in [-0.05, 0) is 52.5 Å². The second kappa shape index (κ2) is 14.5. The van der Waals surface area contributed by atoms with Crippen LogP contribution in [0.15, 0.2) is 30.3 Å². The first-order chi connectivity index (χ1) is 17.9. The van der Waals surface area contributed by atoms with Crippen LogP contribution in [-0.4, -0.2) is 66.5 Å². The fourth-order valence-corrected chi connectivity index (χ4v) is 4.14. The van der Waals surface area contributed by atoms with Gasteiger partial charge >= 0.3 is 6.09 Å². The lowest BCUT2D eigenvalue weighted by molar-refractivity contribution is -0.135. The molecule has 210 valence electrons. The topological polar surface area (TPSA) is 152 Å². The average Bonchev–Trinajstić information content (AvgIpc) is 3.27. The van der Waals surface area contributed by atoms with E-state index in [0.29, 0.717) is 19.3 Å². The average molecular weight is 533 g/mol. The fourth-order valence-electron chi connectivity index (χ4n) is 4.14. The number of hydrogen-bond acceptors (Lipinski definition) is 7. The van der Waals surface area contributed by atoms with Crippen molar-refractivity contribution in [2.45, 2.75) is 90.3 Å². The van der Waals surface area contributed by atoms with Crippen molar-refractivity contribution in [1.29, 1.82) is 0 Å². The van der Waals surface area contributed by atoms with Gasteiger partial charge in [0.05, 0.1) is 17.7 Å². The van der Waals surface area contributed by atoms with E-state index in [2.05, 4.69) is 21.3 Å². The summed E-state index contributed by atoms with van der Waals surface area (Å²) >= 11 is 0. The SMILES string of the molecule is CC[C@H](NC(=O)[C@@H](NC(=O)OCc1ccccc1)[C@@H](C)OC(C)(C)C)C(=O)N[C@H](C=O)C[C@@H]1CCNC1=O. The van der Waals surface area contributed by atoms with Gasteiger partial charge in [0.2, 0.25) is 17.7 Å². The van der Waals surface area contributed by atoms with Crippen LogP contribution < -0.4 is 21.3 Å². The minimum Gasteiger partial charge on any atom is -0.445 e. The molecule has 1 aromatic carbocycles. The number of rotatable bonds is 13. The molecule has 0 aromatic heterocycles. The van der Waals surface area contributed by atoms with Crippen molar-refractivity contribution < 1.29 is 33.4 Å². The summed E-state index contributed by atoms with van der Waals surface area (Å²) in [7, 11) is 0. The first-order valence-electron chi connectivity index (χ1n) is 12.9. The molecule has 11 nitrogen and oxygen atoms in total. The number of carbonyl (C=O) groups excluding carboxylic acids is 5. The van der Waals surface area contributed by atoms with E-state index in [1.807, 2.05) is 39.0 Å². The highest BCUT2D eigenvalue weighted by Gasteiger charge is 2.34. The highest BCUT2D eigenvalue weighted by molar-refractivity contribution is 5.92. The molecule has 2 rings (SSSR count). The summed E-state index contributed by atoms with van der Waals surface area (Å²) < 4.78 is 11.2. The van der Waals surface area contributed by atoms with Gasteiger partial charge in [-0.1, -0.05) is 37.3 Å². The zero-order valence-electron chi connectivity index (χ0n) is 22.7. The second-order valence-electron chi connectivity index (χ2n) is 10.4. The van der Waals surface area contributed by atoms with Crippen LogP contribution in [0.2, 0.25) is 0 Å². The third-order valence-corrected chi connectivity index (χ3v) is 6.01. The Bertz CT molecular complexity index is 964. The Morgan fingerprint density at radius 2 is 1.79 bits per heavy atom. The van der Waals surface area contributed by atoms with E-state index >= 15 is 0 Å². The van der Waals surface area contributed by atoms with Gasteiger partial charge < -0.3 is 35.5 Å². The molecule has 5 atom stereocenters. The van der Waals surface area contributed by atoms with Crippen molar-refractivity contribution in [3.05, 3.63) is 35.9 Å². The Morgan fingerprint density at radius 3 is 2.34 bits per heavy atom.